The topological polar surface area (TPSA) is 55.5 Å². The number of nitrogens with two attached hydrogens (primary N) is 1. The molecule has 3 rings (SSSR count). The monoisotopic (exact) mass is 353 g/mol. The van der Waals surface area contributed by atoms with Crippen LogP contribution in [0.4, 0.5) is 0 Å². The number of aliphatic hydroxyl groups is 1. The number of fused-ring (bicyclic) bond motifs is 1. The van der Waals surface area contributed by atoms with E-state index >= 15 is 0 Å². The maximum absolute atomic E-state index is 9.58. The van der Waals surface area contributed by atoms with Crippen LogP contribution in [-0.4, -0.2) is 24.9 Å². The van der Waals surface area contributed by atoms with E-state index in [1.165, 1.54) is 11.1 Å². The highest BCUT2D eigenvalue weighted by molar-refractivity contribution is 9.10. The Hall–Kier alpha value is -0.420. The average molecular weight is 354 g/mol. The first-order valence-corrected chi connectivity index (χ1v) is 8.55. The predicted octanol–water partition coefficient (Wildman–Crippen LogP) is 3.12. The van der Waals surface area contributed by atoms with Crippen molar-refractivity contribution in [2.45, 2.75) is 50.2 Å². The molecule has 4 heteroatoms. The molecule has 1 atom stereocenters. The van der Waals surface area contributed by atoms with Gasteiger partial charge < -0.3 is 15.6 Å². The van der Waals surface area contributed by atoms with E-state index in [0.717, 1.165) is 36.6 Å². The largest absolute Gasteiger partial charge is 0.396 e. The molecule has 0 saturated heterocycles. The second kappa shape index (κ2) is 5.65. The molecule has 0 radical (unpaired) electrons. The van der Waals surface area contributed by atoms with Gasteiger partial charge in [-0.2, -0.15) is 0 Å². The maximum atomic E-state index is 9.58. The van der Waals surface area contributed by atoms with Gasteiger partial charge in [0.05, 0.1) is 6.10 Å². The molecular formula is C17H24BrNO2. The highest BCUT2D eigenvalue weighted by Crippen LogP contribution is 2.58. The lowest BCUT2D eigenvalue weighted by molar-refractivity contribution is -0.0106. The second-order valence-corrected chi connectivity index (χ2v) is 7.55. The lowest BCUT2D eigenvalue weighted by Crippen LogP contribution is -2.52. The zero-order chi connectivity index (χ0) is 15.1. The van der Waals surface area contributed by atoms with E-state index in [-0.39, 0.29) is 12.0 Å². The minimum atomic E-state index is -0.417. The summed E-state index contributed by atoms with van der Waals surface area (Å²) < 4.78 is 6.59. The van der Waals surface area contributed by atoms with Crippen molar-refractivity contribution in [1.82, 2.24) is 0 Å². The fourth-order valence-electron chi connectivity index (χ4n) is 4.50. The predicted molar refractivity (Wildman–Crippen MR) is 87.1 cm³/mol. The maximum Gasteiger partial charge on any atom is 0.0571 e. The first-order chi connectivity index (χ1) is 10.0. The Morgan fingerprint density at radius 1 is 1.38 bits per heavy atom. The normalized spacial score (nSPS) is 35.1. The van der Waals surface area contributed by atoms with Crippen LogP contribution in [0.3, 0.4) is 0 Å². The molecule has 2 aliphatic rings. The molecule has 1 spiro atoms. The number of aliphatic hydroxyl groups excluding tert-OH is 1. The third kappa shape index (κ3) is 2.37. The smallest absolute Gasteiger partial charge is 0.0571 e. The van der Waals surface area contributed by atoms with Gasteiger partial charge in [-0.1, -0.05) is 22.0 Å². The number of halogens is 1. The Morgan fingerprint density at radius 3 is 2.71 bits per heavy atom. The Kier molecular flexibility index (Phi) is 4.17. The van der Waals surface area contributed by atoms with E-state index in [4.69, 9.17) is 10.5 Å². The van der Waals surface area contributed by atoms with Crippen LogP contribution < -0.4 is 5.73 Å². The average Bonchev–Trinajstić information content (AvgIpc) is 2.70. The molecule has 0 aliphatic heterocycles. The fraction of sp³-hybridized carbons (Fsp3) is 0.647. The summed E-state index contributed by atoms with van der Waals surface area (Å²) in [6.45, 7) is 0.137. The summed E-state index contributed by atoms with van der Waals surface area (Å²) in [7, 11) is 1.80. The van der Waals surface area contributed by atoms with Gasteiger partial charge in [-0.05, 0) is 67.2 Å². The van der Waals surface area contributed by atoms with Crippen LogP contribution in [-0.2, 0) is 16.7 Å². The summed E-state index contributed by atoms with van der Waals surface area (Å²) in [5, 5.41) is 9.58. The van der Waals surface area contributed by atoms with Crippen LogP contribution in [0.2, 0.25) is 0 Å². The van der Waals surface area contributed by atoms with E-state index in [2.05, 4.69) is 34.1 Å². The van der Waals surface area contributed by atoms with Gasteiger partial charge in [-0.3, -0.25) is 0 Å². The second-order valence-electron chi connectivity index (χ2n) is 6.64. The molecule has 0 heterocycles. The molecule has 1 fully saturated rings. The minimum Gasteiger partial charge on any atom is -0.396 e. The van der Waals surface area contributed by atoms with Gasteiger partial charge in [0.25, 0.3) is 0 Å². The molecule has 3 N–H and O–H groups in total. The van der Waals surface area contributed by atoms with Crippen molar-refractivity contribution in [1.29, 1.82) is 0 Å². The SMILES string of the molecule is CO[C@H]1CC[C@]2(CC1)Cc1ccc(Br)cc1C2(N)CCO. The first kappa shape index (κ1) is 15.5. The Bertz CT molecular complexity index is 526. The molecule has 0 bridgehead atoms. The molecule has 0 amide bonds. The van der Waals surface area contributed by atoms with Crippen molar-refractivity contribution < 1.29 is 9.84 Å². The molecule has 1 saturated carbocycles. The number of hydrogen-bond acceptors (Lipinski definition) is 3. The van der Waals surface area contributed by atoms with Gasteiger partial charge in [0, 0.05) is 23.7 Å². The Morgan fingerprint density at radius 2 is 2.10 bits per heavy atom. The number of benzene rings is 1. The van der Waals surface area contributed by atoms with Gasteiger partial charge in [-0.25, -0.2) is 0 Å². The number of rotatable bonds is 3. The van der Waals surface area contributed by atoms with Gasteiger partial charge >= 0.3 is 0 Å². The molecule has 2 aliphatic carbocycles. The Balaban J connectivity index is 1.99. The number of hydrogen-bond donors (Lipinski definition) is 2. The van der Waals surface area contributed by atoms with Gasteiger partial charge in [-0.15, -0.1) is 0 Å². The van der Waals surface area contributed by atoms with E-state index in [0.29, 0.717) is 12.5 Å². The van der Waals surface area contributed by atoms with Crippen LogP contribution in [0.15, 0.2) is 22.7 Å². The third-order valence-corrected chi connectivity index (χ3v) is 6.25. The molecule has 1 aromatic rings. The fourth-order valence-corrected chi connectivity index (χ4v) is 4.87. The summed E-state index contributed by atoms with van der Waals surface area (Å²) in [6.07, 6.45) is 6.31. The first-order valence-electron chi connectivity index (χ1n) is 7.76. The van der Waals surface area contributed by atoms with Crippen molar-refractivity contribution in [3.63, 3.8) is 0 Å². The zero-order valence-electron chi connectivity index (χ0n) is 12.6. The zero-order valence-corrected chi connectivity index (χ0v) is 14.2. The van der Waals surface area contributed by atoms with Gasteiger partial charge in [0.15, 0.2) is 0 Å². The van der Waals surface area contributed by atoms with Crippen LogP contribution in [0, 0.1) is 5.41 Å². The van der Waals surface area contributed by atoms with Crippen LogP contribution in [0.5, 0.6) is 0 Å². The molecule has 3 nitrogen and oxygen atoms in total. The molecule has 21 heavy (non-hydrogen) atoms. The summed E-state index contributed by atoms with van der Waals surface area (Å²) in [5.41, 5.74) is 9.16. The highest BCUT2D eigenvalue weighted by Gasteiger charge is 2.55. The van der Waals surface area contributed by atoms with E-state index in [1.54, 1.807) is 7.11 Å². The lowest BCUT2D eigenvalue weighted by Gasteiger charge is -2.48. The van der Waals surface area contributed by atoms with Crippen molar-refractivity contribution in [3.8, 4) is 0 Å². The standard InChI is InChI=1S/C17H24BrNO2/c1-21-14-4-6-16(7-5-14)11-12-2-3-13(18)10-15(12)17(16,19)8-9-20/h2-3,10,14,20H,4-9,11,19H2,1H3/t14-,16-,17?. The van der Waals surface area contributed by atoms with Crippen molar-refractivity contribution in [2.75, 3.05) is 13.7 Å². The van der Waals surface area contributed by atoms with E-state index in [1.807, 2.05) is 0 Å². The Labute approximate surface area is 135 Å². The summed E-state index contributed by atoms with van der Waals surface area (Å²) in [6, 6.07) is 6.44. The molecular weight excluding hydrogens is 330 g/mol. The van der Waals surface area contributed by atoms with Crippen LogP contribution in [0.1, 0.15) is 43.2 Å². The van der Waals surface area contributed by atoms with Crippen LogP contribution >= 0.6 is 15.9 Å². The van der Waals surface area contributed by atoms with Crippen molar-refractivity contribution >= 4 is 15.9 Å². The summed E-state index contributed by atoms with van der Waals surface area (Å²) in [5.74, 6) is 0. The van der Waals surface area contributed by atoms with Crippen LogP contribution in [0.25, 0.3) is 0 Å². The minimum absolute atomic E-state index is 0.0773. The summed E-state index contributed by atoms with van der Waals surface area (Å²) >= 11 is 3.56. The number of ether oxygens (including phenoxy) is 1. The molecule has 0 aromatic heterocycles. The quantitative estimate of drug-likeness (QED) is 0.877. The van der Waals surface area contributed by atoms with E-state index < -0.39 is 5.54 Å². The lowest BCUT2D eigenvalue weighted by atomic mass is 9.61. The summed E-state index contributed by atoms with van der Waals surface area (Å²) in [4.78, 5) is 0. The highest BCUT2D eigenvalue weighted by atomic mass is 79.9. The van der Waals surface area contributed by atoms with Gasteiger partial charge in [0.2, 0.25) is 0 Å². The van der Waals surface area contributed by atoms with Gasteiger partial charge in [0.1, 0.15) is 0 Å². The molecule has 1 unspecified atom stereocenters. The van der Waals surface area contributed by atoms with Crippen molar-refractivity contribution in [2.24, 2.45) is 11.1 Å². The number of methoxy groups -OCH3 is 1. The molecule has 116 valence electrons. The van der Waals surface area contributed by atoms with E-state index in [9.17, 15) is 5.11 Å². The van der Waals surface area contributed by atoms with Crippen molar-refractivity contribution in [3.05, 3.63) is 33.8 Å². The third-order valence-electron chi connectivity index (χ3n) is 5.76. The molecule has 1 aromatic carbocycles.